The Labute approximate surface area is 440 Å². The smallest absolute Gasteiger partial charge is 0.462 e. The number of rotatable bonds is 44. The predicted octanol–water partition coefficient (Wildman–Crippen LogP) is 10.6. The van der Waals surface area contributed by atoms with Crippen LogP contribution >= 0.6 is 15.6 Å². The second kappa shape index (κ2) is 40.0. The summed E-state index contributed by atoms with van der Waals surface area (Å²) in [7, 11) is -10.9. The van der Waals surface area contributed by atoms with E-state index in [9.17, 15) is 48.6 Å². The molecule has 0 aromatic carbocycles. The van der Waals surface area contributed by atoms with Crippen LogP contribution in [0.15, 0.2) is 65.7 Å². The van der Waals surface area contributed by atoms with Gasteiger partial charge in [0.05, 0.1) is 19.3 Å². The van der Waals surface area contributed by atoms with E-state index in [2.05, 4.69) is 36.1 Å². The van der Waals surface area contributed by atoms with Crippen LogP contribution in [-0.2, 0) is 46.3 Å². The molecule has 74 heavy (non-hydrogen) atoms. The standard InChI is InChI=1S/C53H91N3O16P2/c1-4-5-6-7-18-24-29-34-44(57)35-30-25-20-17-22-27-32-37-49(59)70-45(40-67-48(58)36-31-26-21-16-14-12-10-8-9-11-13-15-19-23-28-33-43(2)3)41-68-73(63,64)72-74(65,66)69-42-46-50(60)51(61)52(71-46)56-39-38-47(54)55-53(56)62/h17-18,22,24-25,29-30,34,38-39,43-46,50-52,57,60-61H,4-16,19-21,23,26-28,31-33,35-37,40-42H2,1-3H3,(H,63,64)(H,65,66)(H2,54,55,62)/b22-17+,24-18-,30-25-,34-29-/t44-,45+,46+,50+,51+,52+/m0/s1. The molecule has 7 N–H and O–H groups in total. The monoisotopic (exact) mass is 1090 g/mol. The number of carbonyl (C=O) groups is 2. The number of hydrogen-bond acceptors (Lipinski definition) is 16. The second-order valence-electron chi connectivity index (χ2n) is 19.4. The Morgan fingerprint density at radius 2 is 1.35 bits per heavy atom. The van der Waals surface area contributed by atoms with Gasteiger partial charge < -0.3 is 45.1 Å². The molecule has 2 heterocycles. The molecule has 424 valence electrons. The molecule has 2 unspecified atom stereocenters. The number of phosphoric ester groups is 2. The number of nitrogen functional groups attached to an aromatic ring is 1. The van der Waals surface area contributed by atoms with Crippen molar-refractivity contribution in [1.82, 2.24) is 9.55 Å². The highest BCUT2D eigenvalue weighted by molar-refractivity contribution is 7.61. The normalized spacial score (nSPS) is 19.7. The molecular formula is C53H91N3O16P2. The van der Waals surface area contributed by atoms with E-state index in [1.54, 1.807) is 6.08 Å². The first-order valence-corrected chi connectivity index (χ1v) is 30.1. The molecule has 0 spiro atoms. The third-order valence-corrected chi connectivity index (χ3v) is 14.8. The molecular weight excluding hydrogens is 997 g/mol. The Morgan fingerprint density at radius 1 is 0.757 bits per heavy atom. The third kappa shape index (κ3) is 33.0. The number of aliphatic hydroxyl groups excluding tert-OH is 3. The molecule has 19 nitrogen and oxygen atoms in total. The van der Waals surface area contributed by atoms with Gasteiger partial charge in [-0.1, -0.05) is 179 Å². The van der Waals surface area contributed by atoms with Gasteiger partial charge in [-0.2, -0.15) is 9.29 Å². The number of allylic oxidation sites excluding steroid dienone is 6. The van der Waals surface area contributed by atoms with Crippen molar-refractivity contribution < 1.29 is 71.4 Å². The molecule has 21 heteroatoms. The number of nitrogens with zero attached hydrogens (tertiary/aromatic N) is 2. The molecule has 0 amide bonds. The lowest BCUT2D eigenvalue weighted by atomic mass is 10.0. The molecule has 1 aromatic rings. The summed E-state index contributed by atoms with van der Waals surface area (Å²) in [4.78, 5) is 62.0. The van der Waals surface area contributed by atoms with Crippen molar-refractivity contribution in [2.24, 2.45) is 5.92 Å². The largest absolute Gasteiger partial charge is 0.481 e. The topological polar surface area (TPSA) is 286 Å². The molecule has 0 saturated carbocycles. The molecule has 2 rings (SSSR count). The minimum absolute atomic E-state index is 0.0595. The van der Waals surface area contributed by atoms with Crippen LogP contribution in [0.3, 0.4) is 0 Å². The number of phosphoric acid groups is 2. The number of aliphatic hydroxyl groups is 3. The van der Waals surface area contributed by atoms with Crippen molar-refractivity contribution in [1.29, 1.82) is 0 Å². The van der Waals surface area contributed by atoms with Gasteiger partial charge >= 0.3 is 33.3 Å². The molecule has 1 aromatic heterocycles. The SMILES string of the molecule is CCCCC/C=C\C=C/[C@H](O)C/C=C\C/C=C/CCCC(=O)O[C@H](COC(=O)CCCCCCCCCCCCCCCCCC(C)C)COP(=O)(O)OP(=O)(O)OC[C@H]1O[C@@H](n2ccc(N)nc2=O)[C@H](O)[C@@H]1O. The van der Waals surface area contributed by atoms with Crippen LogP contribution in [0, 0.1) is 5.92 Å². The summed E-state index contributed by atoms with van der Waals surface area (Å²) in [5.74, 6) is -0.606. The van der Waals surface area contributed by atoms with Crippen LogP contribution in [0.5, 0.6) is 0 Å². The summed E-state index contributed by atoms with van der Waals surface area (Å²) < 4.78 is 56.8. The maximum absolute atomic E-state index is 12.9. The van der Waals surface area contributed by atoms with Gasteiger partial charge in [-0.05, 0) is 56.9 Å². The predicted molar refractivity (Wildman–Crippen MR) is 285 cm³/mol. The number of ether oxygens (including phenoxy) is 3. The first-order valence-electron chi connectivity index (χ1n) is 27.1. The first kappa shape index (κ1) is 66.8. The Hall–Kier alpha value is -3.32. The number of anilines is 1. The molecule has 8 atom stereocenters. The van der Waals surface area contributed by atoms with Crippen LogP contribution in [0.2, 0.25) is 0 Å². The van der Waals surface area contributed by atoms with Crippen LogP contribution in [-0.4, -0.2) is 96.9 Å². The van der Waals surface area contributed by atoms with Gasteiger partial charge in [0.25, 0.3) is 0 Å². The van der Waals surface area contributed by atoms with E-state index in [0.717, 1.165) is 55.2 Å². The van der Waals surface area contributed by atoms with Gasteiger partial charge in [0, 0.05) is 19.0 Å². The van der Waals surface area contributed by atoms with E-state index in [1.165, 1.54) is 89.5 Å². The summed E-state index contributed by atoms with van der Waals surface area (Å²) in [5, 5.41) is 31.1. The summed E-state index contributed by atoms with van der Waals surface area (Å²) in [6.07, 6.45) is 33.6. The average molecular weight is 1090 g/mol. The molecule has 0 bridgehead atoms. The zero-order valence-electron chi connectivity index (χ0n) is 44.4. The summed E-state index contributed by atoms with van der Waals surface area (Å²) in [5.41, 5.74) is 4.58. The quantitative estimate of drug-likeness (QED) is 0.0116. The van der Waals surface area contributed by atoms with E-state index in [-0.39, 0.29) is 18.7 Å². The highest BCUT2D eigenvalue weighted by atomic mass is 31.3. The van der Waals surface area contributed by atoms with E-state index >= 15 is 0 Å². The van der Waals surface area contributed by atoms with Crippen molar-refractivity contribution in [2.45, 2.75) is 224 Å². The summed E-state index contributed by atoms with van der Waals surface area (Å²) in [6, 6.07) is 1.24. The zero-order valence-corrected chi connectivity index (χ0v) is 46.2. The van der Waals surface area contributed by atoms with Crippen molar-refractivity contribution in [3.05, 3.63) is 71.4 Å². The lowest BCUT2D eigenvalue weighted by molar-refractivity contribution is -0.161. The minimum Gasteiger partial charge on any atom is -0.462 e. The van der Waals surface area contributed by atoms with Gasteiger partial charge in [-0.3, -0.25) is 23.2 Å². The van der Waals surface area contributed by atoms with Gasteiger partial charge in [-0.25, -0.2) is 13.9 Å². The number of esters is 2. The fraction of sp³-hybridized carbons (Fsp3) is 0.736. The second-order valence-corrected chi connectivity index (χ2v) is 22.5. The van der Waals surface area contributed by atoms with Gasteiger partial charge in [0.1, 0.15) is 30.7 Å². The van der Waals surface area contributed by atoms with Crippen molar-refractivity contribution in [2.75, 3.05) is 25.6 Å². The van der Waals surface area contributed by atoms with Gasteiger partial charge in [0.15, 0.2) is 12.3 Å². The maximum Gasteiger partial charge on any atom is 0.481 e. The van der Waals surface area contributed by atoms with E-state index < -0.39 is 89.8 Å². The number of unbranched alkanes of at least 4 members (excludes halogenated alkanes) is 18. The zero-order chi connectivity index (χ0) is 54.5. The van der Waals surface area contributed by atoms with Crippen molar-refractivity contribution in [3.8, 4) is 0 Å². The van der Waals surface area contributed by atoms with E-state index in [1.807, 2.05) is 36.5 Å². The maximum atomic E-state index is 12.9. The Morgan fingerprint density at radius 3 is 1.99 bits per heavy atom. The van der Waals surface area contributed by atoms with E-state index in [0.29, 0.717) is 32.1 Å². The van der Waals surface area contributed by atoms with Crippen LogP contribution < -0.4 is 11.4 Å². The number of hydrogen-bond donors (Lipinski definition) is 6. The van der Waals surface area contributed by atoms with Crippen LogP contribution in [0.4, 0.5) is 5.82 Å². The fourth-order valence-electron chi connectivity index (χ4n) is 7.92. The summed E-state index contributed by atoms with van der Waals surface area (Å²) in [6.45, 7) is 4.34. The van der Waals surface area contributed by atoms with Gasteiger partial charge in [0.2, 0.25) is 0 Å². The fourth-order valence-corrected chi connectivity index (χ4v) is 10.0. The number of nitrogens with two attached hydrogens (primary N) is 1. The molecule has 0 aliphatic carbocycles. The lowest BCUT2D eigenvalue weighted by Gasteiger charge is -2.21. The van der Waals surface area contributed by atoms with Crippen molar-refractivity contribution >= 4 is 33.4 Å². The highest BCUT2D eigenvalue weighted by Gasteiger charge is 2.46. The molecule has 1 aliphatic rings. The molecule has 1 fully saturated rings. The Kier molecular flexibility index (Phi) is 36.1. The highest BCUT2D eigenvalue weighted by Crippen LogP contribution is 2.60. The molecule has 1 saturated heterocycles. The Bertz CT molecular complexity index is 1960. The van der Waals surface area contributed by atoms with Crippen LogP contribution in [0.1, 0.15) is 194 Å². The lowest BCUT2D eigenvalue weighted by Crippen LogP contribution is -2.36. The first-order chi connectivity index (χ1) is 35.4. The summed E-state index contributed by atoms with van der Waals surface area (Å²) >= 11 is 0. The van der Waals surface area contributed by atoms with Gasteiger partial charge in [-0.15, -0.1) is 0 Å². The number of aromatic nitrogens is 2. The van der Waals surface area contributed by atoms with E-state index in [4.69, 9.17) is 29.0 Å². The Balaban J connectivity index is 1.81. The van der Waals surface area contributed by atoms with Crippen LogP contribution in [0.25, 0.3) is 0 Å². The molecule has 1 aliphatic heterocycles. The average Bonchev–Trinajstić information content (AvgIpc) is 3.62. The third-order valence-electron chi connectivity index (χ3n) is 12.2. The van der Waals surface area contributed by atoms with Crippen molar-refractivity contribution in [3.63, 3.8) is 0 Å². The minimum atomic E-state index is -5.45. The molecule has 0 radical (unpaired) electrons. The number of carbonyl (C=O) groups excluding carboxylic acids is 2.